The Labute approximate surface area is 122 Å². The Morgan fingerprint density at radius 2 is 2.10 bits per heavy atom. The third-order valence-corrected chi connectivity index (χ3v) is 4.89. The van der Waals surface area contributed by atoms with E-state index in [0.717, 1.165) is 28.9 Å². The van der Waals surface area contributed by atoms with Crippen LogP contribution in [0.15, 0.2) is 28.6 Å². The van der Waals surface area contributed by atoms with Gasteiger partial charge in [0.25, 0.3) is 10.0 Å². The first-order valence-electron chi connectivity index (χ1n) is 6.12. The number of nitrogens with zero attached hydrogens (tertiary/aromatic N) is 2. The van der Waals surface area contributed by atoms with Gasteiger partial charge in [-0.2, -0.15) is 0 Å². The molecule has 1 aromatic carbocycles. The van der Waals surface area contributed by atoms with Gasteiger partial charge < -0.3 is 5.32 Å². The van der Waals surface area contributed by atoms with Crippen LogP contribution in [0.25, 0.3) is 0 Å². The summed E-state index contributed by atoms with van der Waals surface area (Å²) in [4.78, 5) is 0.232. The van der Waals surface area contributed by atoms with Crippen molar-refractivity contribution in [3.8, 4) is 0 Å². The van der Waals surface area contributed by atoms with Crippen molar-refractivity contribution in [3.63, 3.8) is 0 Å². The summed E-state index contributed by atoms with van der Waals surface area (Å²) in [5, 5.41) is 10.6. The second kappa shape index (κ2) is 6.29. The minimum absolute atomic E-state index is 0.232. The van der Waals surface area contributed by atoms with Gasteiger partial charge in [0.05, 0.1) is 4.90 Å². The van der Waals surface area contributed by atoms with E-state index in [9.17, 15) is 8.42 Å². The molecule has 1 aromatic heterocycles. The van der Waals surface area contributed by atoms with Gasteiger partial charge >= 0.3 is 0 Å². The SMILES string of the molecule is CCc1ccc(S(=O)(=O)Nc2nncs2)cc1CNC. The highest BCUT2D eigenvalue weighted by Gasteiger charge is 2.17. The number of rotatable bonds is 6. The summed E-state index contributed by atoms with van der Waals surface area (Å²) in [5.41, 5.74) is 3.59. The lowest BCUT2D eigenvalue weighted by atomic mass is 10.1. The third-order valence-electron chi connectivity index (χ3n) is 2.82. The molecular weight excluding hydrogens is 296 g/mol. The average molecular weight is 312 g/mol. The summed E-state index contributed by atoms with van der Waals surface area (Å²) in [6.07, 6.45) is 0.862. The van der Waals surface area contributed by atoms with E-state index in [4.69, 9.17) is 0 Å². The van der Waals surface area contributed by atoms with Gasteiger partial charge in [-0.05, 0) is 36.7 Å². The molecular formula is C12H16N4O2S2. The van der Waals surface area contributed by atoms with E-state index in [2.05, 4.69) is 20.2 Å². The number of aromatic nitrogens is 2. The smallest absolute Gasteiger partial charge is 0.263 e. The number of hydrogen-bond acceptors (Lipinski definition) is 6. The number of benzene rings is 1. The van der Waals surface area contributed by atoms with Crippen LogP contribution in [0, 0.1) is 0 Å². The molecule has 2 N–H and O–H groups in total. The molecule has 0 unspecified atom stereocenters. The lowest BCUT2D eigenvalue weighted by Gasteiger charge is -2.11. The molecule has 0 fully saturated rings. The summed E-state index contributed by atoms with van der Waals surface area (Å²) in [5.74, 6) is 0. The van der Waals surface area contributed by atoms with E-state index in [0.29, 0.717) is 6.54 Å². The number of hydrogen-bond donors (Lipinski definition) is 2. The van der Waals surface area contributed by atoms with Crippen LogP contribution in [-0.4, -0.2) is 25.7 Å². The van der Waals surface area contributed by atoms with E-state index in [1.165, 1.54) is 5.51 Å². The van der Waals surface area contributed by atoms with Crippen LogP contribution in [0.1, 0.15) is 18.1 Å². The maximum absolute atomic E-state index is 12.3. The van der Waals surface area contributed by atoms with E-state index in [-0.39, 0.29) is 10.0 Å². The largest absolute Gasteiger partial charge is 0.316 e. The van der Waals surface area contributed by atoms with Gasteiger partial charge in [0.15, 0.2) is 0 Å². The highest BCUT2D eigenvalue weighted by molar-refractivity contribution is 7.93. The highest BCUT2D eigenvalue weighted by atomic mass is 32.2. The zero-order chi connectivity index (χ0) is 14.6. The number of nitrogens with one attached hydrogen (secondary N) is 2. The Balaban J connectivity index is 2.34. The first-order chi connectivity index (χ1) is 9.56. The topological polar surface area (TPSA) is 84.0 Å². The molecule has 2 rings (SSSR count). The monoisotopic (exact) mass is 312 g/mol. The van der Waals surface area contributed by atoms with Crippen LogP contribution in [0.2, 0.25) is 0 Å². The predicted octanol–water partition coefficient (Wildman–Crippen LogP) is 1.62. The fourth-order valence-corrected chi connectivity index (χ4v) is 3.60. The molecule has 0 saturated carbocycles. The second-order valence-corrected chi connectivity index (χ2v) is 6.68. The van der Waals surface area contributed by atoms with Crippen molar-refractivity contribution in [2.24, 2.45) is 0 Å². The van der Waals surface area contributed by atoms with Gasteiger partial charge in [-0.3, -0.25) is 4.72 Å². The molecule has 2 aromatic rings. The van der Waals surface area contributed by atoms with Crippen molar-refractivity contribution in [3.05, 3.63) is 34.8 Å². The van der Waals surface area contributed by atoms with Crippen LogP contribution < -0.4 is 10.0 Å². The molecule has 0 saturated heterocycles. The van der Waals surface area contributed by atoms with Crippen molar-refractivity contribution in [2.75, 3.05) is 11.8 Å². The zero-order valence-corrected chi connectivity index (χ0v) is 12.9. The molecule has 0 aliphatic carbocycles. The van der Waals surface area contributed by atoms with Crippen molar-refractivity contribution < 1.29 is 8.42 Å². The summed E-state index contributed by atoms with van der Waals surface area (Å²) >= 11 is 1.14. The van der Waals surface area contributed by atoms with Crippen LogP contribution in [0.3, 0.4) is 0 Å². The van der Waals surface area contributed by atoms with Crippen LogP contribution in [0.5, 0.6) is 0 Å². The van der Waals surface area contributed by atoms with Gasteiger partial charge in [0, 0.05) is 6.54 Å². The second-order valence-electron chi connectivity index (χ2n) is 4.16. The fraction of sp³-hybridized carbons (Fsp3) is 0.333. The molecule has 0 amide bonds. The summed E-state index contributed by atoms with van der Waals surface area (Å²) in [6, 6.07) is 5.15. The molecule has 0 spiro atoms. The Morgan fingerprint density at radius 3 is 2.70 bits per heavy atom. The van der Waals surface area contributed by atoms with Crippen LogP contribution >= 0.6 is 11.3 Å². The van der Waals surface area contributed by atoms with E-state index < -0.39 is 10.0 Å². The maximum Gasteiger partial charge on any atom is 0.263 e. The quantitative estimate of drug-likeness (QED) is 0.847. The van der Waals surface area contributed by atoms with E-state index in [1.807, 2.05) is 20.0 Å². The van der Waals surface area contributed by atoms with E-state index >= 15 is 0 Å². The van der Waals surface area contributed by atoms with Gasteiger partial charge in [-0.1, -0.05) is 24.3 Å². The molecule has 0 bridgehead atoms. The Bertz CT molecular complexity index is 669. The molecule has 0 aliphatic rings. The summed E-state index contributed by atoms with van der Waals surface area (Å²) < 4.78 is 26.9. The number of sulfonamides is 1. The Morgan fingerprint density at radius 1 is 1.30 bits per heavy atom. The lowest BCUT2D eigenvalue weighted by molar-refractivity contribution is 0.601. The zero-order valence-electron chi connectivity index (χ0n) is 11.3. The van der Waals surface area contributed by atoms with Crippen molar-refractivity contribution >= 4 is 26.5 Å². The normalized spacial score (nSPS) is 11.5. The molecule has 8 heteroatoms. The first-order valence-corrected chi connectivity index (χ1v) is 8.48. The van der Waals surface area contributed by atoms with Gasteiger partial charge in [0.2, 0.25) is 5.13 Å². The minimum atomic E-state index is -3.62. The van der Waals surface area contributed by atoms with E-state index in [1.54, 1.807) is 12.1 Å². The van der Waals surface area contributed by atoms with Gasteiger partial charge in [-0.15, -0.1) is 10.2 Å². The minimum Gasteiger partial charge on any atom is -0.316 e. The summed E-state index contributed by atoms with van der Waals surface area (Å²) in [6.45, 7) is 2.67. The standard InChI is InChI=1S/C12H16N4O2S2/c1-3-9-4-5-11(6-10(9)7-13-2)20(17,18)16-12-15-14-8-19-12/h4-6,8,13H,3,7H2,1-2H3,(H,15,16). The van der Waals surface area contributed by atoms with Gasteiger partial charge in [-0.25, -0.2) is 8.42 Å². The Kier molecular flexibility index (Phi) is 4.69. The fourth-order valence-electron chi connectivity index (χ4n) is 1.86. The highest BCUT2D eigenvalue weighted by Crippen LogP contribution is 2.20. The van der Waals surface area contributed by atoms with Crippen LogP contribution in [-0.2, 0) is 23.0 Å². The lowest BCUT2D eigenvalue weighted by Crippen LogP contribution is -2.15. The van der Waals surface area contributed by atoms with Crippen LogP contribution in [0.4, 0.5) is 5.13 Å². The molecule has 1 heterocycles. The number of aryl methyl sites for hydroxylation is 1. The van der Waals surface area contributed by atoms with Gasteiger partial charge in [0.1, 0.15) is 5.51 Å². The molecule has 6 nitrogen and oxygen atoms in total. The maximum atomic E-state index is 12.3. The predicted molar refractivity (Wildman–Crippen MR) is 79.3 cm³/mol. The number of anilines is 1. The third kappa shape index (κ3) is 3.33. The molecule has 108 valence electrons. The Hall–Kier alpha value is -1.51. The van der Waals surface area contributed by atoms with Crippen molar-refractivity contribution in [1.29, 1.82) is 0 Å². The first kappa shape index (κ1) is 14.9. The van der Waals surface area contributed by atoms with Crippen molar-refractivity contribution in [2.45, 2.75) is 24.8 Å². The molecule has 0 atom stereocenters. The molecule has 0 aliphatic heterocycles. The molecule has 0 radical (unpaired) electrons. The molecule has 20 heavy (non-hydrogen) atoms. The summed E-state index contributed by atoms with van der Waals surface area (Å²) in [7, 11) is -1.79. The van der Waals surface area contributed by atoms with Crippen molar-refractivity contribution in [1.82, 2.24) is 15.5 Å². The average Bonchev–Trinajstić information content (AvgIpc) is 2.91.